The molecular weight excluding hydrogens is 416 g/mol. The molecule has 3 aromatic rings. The molecule has 0 saturated carbocycles. The fraction of sp³-hybridized carbons (Fsp3) is 0.318. The molecule has 0 radical (unpaired) electrons. The summed E-state index contributed by atoms with van der Waals surface area (Å²) in [6, 6.07) is 15.5. The van der Waals surface area contributed by atoms with Crippen molar-refractivity contribution in [2.75, 3.05) is 13.1 Å². The Morgan fingerprint density at radius 3 is 2.48 bits per heavy atom. The molecule has 0 atom stereocenters. The zero-order valence-electron chi connectivity index (χ0n) is 17.0. The highest BCUT2D eigenvalue weighted by molar-refractivity contribution is 7.89. The minimum absolute atomic E-state index is 0.0434. The van der Waals surface area contributed by atoms with Gasteiger partial charge in [0.05, 0.1) is 11.4 Å². The second kappa shape index (κ2) is 9.40. The number of hydrogen-bond acceptors (Lipinski definition) is 6. The first-order valence-electron chi connectivity index (χ1n) is 10.3. The van der Waals surface area contributed by atoms with Crippen LogP contribution in [0.4, 0.5) is 0 Å². The molecule has 9 heteroatoms. The van der Waals surface area contributed by atoms with Crippen LogP contribution >= 0.6 is 0 Å². The smallest absolute Gasteiger partial charge is 0.251 e. The lowest BCUT2D eigenvalue weighted by molar-refractivity contribution is 0.0946. The molecule has 1 amide bonds. The number of nitrogens with zero attached hydrogens (tertiary/aromatic N) is 3. The number of aromatic nitrogens is 2. The van der Waals surface area contributed by atoms with E-state index in [1.54, 1.807) is 12.1 Å². The van der Waals surface area contributed by atoms with E-state index in [-0.39, 0.29) is 22.9 Å². The second-order valence-corrected chi connectivity index (χ2v) is 9.34. The van der Waals surface area contributed by atoms with Crippen molar-refractivity contribution in [2.24, 2.45) is 0 Å². The number of carbonyl (C=O) groups is 1. The number of benzene rings is 2. The van der Waals surface area contributed by atoms with Crippen LogP contribution in [0, 0.1) is 0 Å². The molecule has 31 heavy (non-hydrogen) atoms. The number of hydrogen-bond donors (Lipinski definition) is 1. The Labute approximate surface area is 181 Å². The summed E-state index contributed by atoms with van der Waals surface area (Å²) in [7, 11) is -3.62. The van der Waals surface area contributed by atoms with Crippen LogP contribution in [-0.4, -0.2) is 41.9 Å². The Hall–Kier alpha value is -3.04. The number of sulfonamides is 1. The van der Waals surface area contributed by atoms with E-state index in [0.717, 1.165) is 31.2 Å². The lowest BCUT2D eigenvalue weighted by Gasteiger charge is -2.20. The van der Waals surface area contributed by atoms with Crippen LogP contribution in [0.15, 0.2) is 64.0 Å². The van der Waals surface area contributed by atoms with Gasteiger partial charge in [-0.1, -0.05) is 54.4 Å². The summed E-state index contributed by atoms with van der Waals surface area (Å²) < 4.78 is 32.7. The lowest BCUT2D eigenvalue weighted by Crippen LogP contribution is -2.32. The van der Waals surface area contributed by atoms with Gasteiger partial charge in [-0.15, -0.1) is 0 Å². The van der Waals surface area contributed by atoms with E-state index < -0.39 is 15.9 Å². The molecule has 8 nitrogen and oxygen atoms in total. The Bertz CT molecular complexity index is 1140. The van der Waals surface area contributed by atoms with Crippen molar-refractivity contribution in [3.8, 4) is 11.4 Å². The number of carbonyl (C=O) groups excluding carboxylic acids is 1. The molecular formula is C22H24N4O4S. The van der Waals surface area contributed by atoms with E-state index in [4.69, 9.17) is 4.52 Å². The van der Waals surface area contributed by atoms with Gasteiger partial charge in [-0.2, -0.15) is 9.29 Å². The summed E-state index contributed by atoms with van der Waals surface area (Å²) in [5, 5.41) is 6.63. The largest absolute Gasteiger partial charge is 0.343 e. The first-order valence-corrected chi connectivity index (χ1v) is 11.7. The van der Waals surface area contributed by atoms with E-state index in [2.05, 4.69) is 15.5 Å². The zero-order valence-corrected chi connectivity index (χ0v) is 17.8. The number of rotatable bonds is 6. The summed E-state index contributed by atoms with van der Waals surface area (Å²) in [6.07, 6.45) is 3.79. The van der Waals surface area contributed by atoms with Gasteiger partial charge in [0.2, 0.25) is 21.7 Å². The molecule has 4 rings (SSSR count). The zero-order chi connectivity index (χ0) is 21.7. The highest BCUT2D eigenvalue weighted by atomic mass is 32.2. The molecule has 1 fully saturated rings. The third-order valence-corrected chi connectivity index (χ3v) is 7.09. The number of amides is 1. The van der Waals surface area contributed by atoms with E-state index in [0.29, 0.717) is 18.9 Å². The molecule has 162 valence electrons. The van der Waals surface area contributed by atoms with Gasteiger partial charge in [0.25, 0.3) is 5.91 Å². The van der Waals surface area contributed by atoms with Crippen molar-refractivity contribution in [2.45, 2.75) is 37.1 Å². The quantitative estimate of drug-likeness (QED) is 0.631. The highest BCUT2D eigenvalue weighted by Crippen LogP contribution is 2.21. The van der Waals surface area contributed by atoms with E-state index in [9.17, 15) is 13.2 Å². The third-order valence-electron chi connectivity index (χ3n) is 5.20. The van der Waals surface area contributed by atoms with Crippen LogP contribution in [0.25, 0.3) is 11.4 Å². The predicted octanol–water partition coefficient (Wildman–Crippen LogP) is 3.23. The van der Waals surface area contributed by atoms with E-state index in [1.165, 1.54) is 16.4 Å². The Balaban J connectivity index is 1.43. The Morgan fingerprint density at radius 2 is 1.74 bits per heavy atom. The molecule has 1 aromatic heterocycles. The van der Waals surface area contributed by atoms with Crippen molar-refractivity contribution >= 4 is 15.9 Å². The predicted molar refractivity (Wildman–Crippen MR) is 115 cm³/mol. The van der Waals surface area contributed by atoms with E-state index in [1.807, 2.05) is 30.3 Å². The van der Waals surface area contributed by atoms with Crippen LogP contribution < -0.4 is 5.32 Å². The van der Waals surface area contributed by atoms with Crippen molar-refractivity contribution in [3.63, 3.8) is 0 Å². The molecule has 1 aliphatic heterocycles. The average molecular weight is 441 g/mol. The molecule has 1 aliphatic rings. The molecule has 0 aliphatic carbocycles. The van der Waals surface area contributed by atoms with Gasteiger partial charge in [0.15, 0.2) is 0 Å². The summed E-state index contributed by atoms with van der Waals surface area (Å²) in [5.74, 6) is 0.295. The monoisotopic (exact) mass is 440 g/mol. The normalized spacial score (nSPS) is 15.4. The van der Waals surface area contributed by atoms with Gasteiger partial charge in [0, 0.05) is 24.2 Å². The maximum Gasteiger partial charge on any atom is 0.251 e. The SMILES string of the molecule is O=C(NCc1nc(-c2ccccc2)no1)c1cccc(S(=O)(=O)N2CCCCCC2)c1. The van der Waals surface area contributed by atoms with Crippen molar-refractivity contribution in [1.29, 1.82) is 0 Å². The van der Waals surface area contributed by atoms with Gasteiger partial charge >= 0.3 is 0 Å². The standard InChI is InChI=1S/C22H24N4O4S/c27-22(23-16-20-24-21(25-30-20)17-9-4-3-5-10-17)18-11-8-12-19(15-18)31(28,29)26-13-6-1-2-7-14-26/h3-5,8-12,15H,1-2,6-7,13-14,16H2,(H,23,27). The minimum atomic E-state index is -3.62. The molecule has 0 unspecified atom stereocenters. The molecule has 2 heterocycles. The summed E-state index contributed by atoms with van der Waals surface area (Å²) >= 11 is 0. The summed E-state index contributed by atoms with van der Waals surface area (Å²) in [4.78, 5) is 17.0. The van der Waals surface area contributed by atoms with Crippen LogP contribution in [0.5, 0.6) is 0 Å². The third kappa shape index (κ3) is 5.00. The minimum Gasteiger partial charge on any atom is -0.343 e. The second-order valence-electron chi connectivity index (χ2n) is 7.41. The molecule has 0 bridgehead atoms. The van der Waals surface area contributed by atoms with Crippen LogP contribution in [-0.2, 0) is 16.6 Å². The Morgan fingerprint density at radius 1 is 1.00 bits per heavy atom. The maximum atomic E-state index is 13.0. The van der Waals surface area contributed by atoms with E-state index >= 15 is 0 Å². The topological polar surface area (TPSA) is 105 Å². The highest BCUT2D eigenvalue weighted by Gasteiger charge is 2.25. The fourth-order valence-electron chi connectivity index (χ4n) is 3.52. The molecule has 1 N–H and O–H groups in total. The van der Waals surface area contributed by atoms with Gasteiger partial charge in [0.1, 0.15) is 0 Å². The lowest BCUT2D eigenvalue weighted by atomic mass is 10.2. The Kier molecular flexibility index (Phi) is 6.43. The van der Waals surface area contributed by atoms with Gasteiger partial charge in [-0.3, -0.25) is 4.79 Å². The van der Waals surface area contributed by atoms with Crippen LogP contribution in [0.1, 0.15) is 41.9 Å². The summed E-state index contributed by atoms with van der Waals surface area (Å²) in [6.45, 7) is 1.07. The first-order chi connectivity index (χ1) is 15.0. The fourth-order valence-corrected chi connectivity index (χ4v) is 5.08. The first kappa shape index (κ1) is 21.2. The maximum absolute atomic E-state index is 13.0. The van der Waals surface area contributed by atoms with Crippen molar-refractivity contribution < 1.29 is 17.7 Å². The van der Waals surface area contributed by atoms with Crippen molar-refractivity contribution in [3.05, 3.63) is 66.1 Å². The summed E-state index contributed by atoms with van der Waals surface area (Å²) in [5.41, 5.74) is 1.08. The molecule has 1 saturated heterocycles. The van der Waals surface area contributed by atoms with Gasteiger partial charge in [-0.05, 0) is 31.0 Å². The van der Waals surface area contributed by atoms with Gasteiger partial charge < -0.3 is 9.84 Å². The molecule has 2 aromatic carbocycles. The van der Waals surface area contributed by atoms with Crippen LogP contribution in [0.3, 0.4) is 0 Å². The molecule has 0 spiro atoms. The van der Waals surface area contributed by atoms with Crippen molar-refractivity contribution in [1.82, 2.24) is 19.8 Å². The number of nitrogens with one attached hydrogen (secondary N) is 1. The van der Waals surface area contributed by atoms with Crippen LogP contribution in [0.2, 0.25) is 0 Å². The average Bonchev–Trinajstić information content (AvgIpc) is 3.10. The van der Waals surface area contributed by atoms with Gasteiger partial charge in [-0.25, -0.2) is 8.42 Å².